The lowest BCUT2D eigenvalue weighted by atomic mass is 10.3. The molecule has 6 heteroatoms. The van der Waals surface area contributed by atoms with Crippen molar-refractivity contribution in [3.05, 3.63) is 24.3 Å². The van der Waals surface area contributed by atoms with E-state index in [-0.39, 0.29) is 4.90 Å². The third-order valence-corrected chi connectivity index (χ3v) is 3.27. The fourth-order valence-electron chi connectivity index (χ4n) is 0.920. The Balaban J connectivity index is 3.01. The Labute approximate surface area is 93.2 Å². The maximum absolute atomic E-state index is 10.7. The van der Waals surface area contributed by atoms with E-state index in [0.717, 1.165) is 5.04 Å². The summed E-state index contributed by atoms with van der Waals surface area (Å²) in [5.41, 5.74) is 0.661. The van der Waals surface area contributed by atoms with Crippen LogP contribution in [-0.2, 0) is 10.1 Å². The van der Waals surface area contributed by atoms with Gasteiger partial charge in [-0.1, -0.05) is 0 Å². The van der Waals surface area contributed by atoms with Gasteiger partial charge in [0, 0.05) is 0 Å². The molecule has 0 bridgehead atoms. The minimum atomic E-state index is -4.11. The maximum atomic E-state index is 10.7. The quantitative estimate of drug-likeness (QED) is 0.493. The molecule has 0 aliphatic rings. The number of benzene rings is 1. The molecule has 0 radical (unpaired) electrons. The molecule has 15 heavy (non-hydrogen) atoms. The molecule has 0 aliphatic heterocycles. The van der Waals surface area contributed by atoms with Gasteiger partial charge in [0.25, 0.3) is 10.1 Å². The first kappa shape index (κ1) is 12.2. The lowest BCUT2D eigenvalue weighted by molar-refractivity contribution is 0.483. The molecule has 0 heterocycles. The van der Waals surface area contributed by atoms with Crippen molar-refractivity contribution in [1.29, 1.82) is 0 Å². The Morgan fingerprint density at radius 2 is 1.87 bits per heavy atom. The summed E-state index contributed by atoms with van der Waals surface area (Å²) < 4.78 is 30.2. The summed E-state index contributed by atoms with van der Waals surface area (Å²) in [4.78, 5) is 4.08. The van der Waals surface area contributed by atoms with Gasteiger partial charge in [0.1, 0.15) is 0 Å². The molecule has 0 aromatic heterocycles. The standard InChI is InChI=1S/C9H11NO3S2/c1-7(14-2)10-8-3-5-9(6-4-8)15(11,12)13/h3-6H,1-2H3,(H,11,12,13)/b10-7-. The summed E-state index contributed by atoms with van der Waals surface area (Å²) in [7, 11) is -4.11. The van der Waals surface area contributed by atoms with Gasteiger partial charge in [-0.2, -0.15) is 8.42 Å². The number of aliphatic imine (C=N–C) groups is 1. The zero-order valence-corrected chi connectivity index (χ0v) is 9.97. The second-order valence-corrected chi connectivity index (χ2v) is 5.22. The highest BCUT2D eigenvalue weighted by Crippen LogP contribution is 2.17. The first-order valence-corrected chi connectivity index (χ1v) is 6.77. The summed E-state index contributed by atoms with van der Waals surface area (Å²) in [5.74, 6) is 0. The van der Waals surface area contributed by atoms with Crippen molar-refractivity contribution < 1.29 is 13.0 Å². The number of nitrogens with zero attached hydrogens (tertiary/aromatic N) is 1. The molecule has 0 fully saturated rings. The SMILES string of the molecule is CS/C(C)=N\c1ccc(S(=O)(=O)O)cc1. The molecular formula is C9H11NO3S2. The molecule has 1 rings (SSSR count). The maximum Gasteiger partial charge on any atom is 0.294 e. The van der Waals surface area contributed by atoms with Crippen molar-refractivity contribution in [2.45, 2.75) is 11.8 Å². The minimum absolute atomic E-state index is 0.122. The summed E-state index contributed by atoms with van der Waals surface area (Å²) in [6, 6.07) is 5.73. The predicted molar refractivity (Wildman–Crippen MR) is 62.5 cm³/mol. The van der Waals surface area contributed by atoms with Crippen LogP contribution in [0.2, 0.25) is 0 Å². The number of thioether (sulfide) groups is 1. The van der Waals surface area contributed by atoms with E-state index in [4.69, 9.17) is 4.55 Å². The Hall–Kier alpha value is -0.850. The predicted octanol–water partition coefficient (Wildman–Crippen LogP) is 2.35. The Bertz CT molecular complexity index is 463. The molecule has 1 aromatic carbocycles. The third kappa shape index (κ3) is 3.65. The summed E-state index contributed by atoms with van der Waals surface area (Å²) in [6.07, 6.45) is 1.91. The van der Waals surface area contributed by atoms with Crippen LogP contribution in [-0.4, -0.2) is 24.3 Å². The van der Waals surface area contributed by atoms with Crippen LogP contribution in [0.4, 0.5) is 5.69 Å². The highest BCUT2D eigenvalue weighted by atomic mass is 32.2. The van der Waals surface area contributed by atoms with Gasteiger partial charge >= 0.3 is 0 Å². The number of rotatable bonds is 2. The smallest absolute Gasteiger partial charge is 0.282 e. The number of hydrogen-bond donors (Lipinski definition) is 1. The highest BCUT2D eigenvalue weighted by Gasteiger charge is 2.07. The highest BCUT2D eigenvalue weighted by molar-refractivity contribution is 8.13. The van der Waals surface area contributed by atoms with Crippen molar-refractivity contribution in [2.24, 2.45) is 4.99 Å². The van der Waals surface area contributed by atoms with Gasteiger partial charge in [0.15, 0.2) is 0 Å². The average molecular weight is 245 g/mol. The largest absolute Gasteiger partial charge is 0.294 e. The van der Waals surface area contributed by atoms with Gasteiger partial charge in [-0.25, -0.2) is 4.99 Å². The van der Waals surface area contributed by atoms with E-state index in [1.807, 2.05) is 13.2 Å². The van der Waals surface area contributed by atoms with Crippen LogP contribution < -0.4 is 0 Å². The topological polar surface area (TPSA) is 66.7 Å². The minimum Gasteiger partial charge on any atom is -0.282 e. The van der Waals surface area contributed by atoms with E-state index in [1.165, 1.54) is 23.9 Å². The van der Waals surface area contributed by atoms with Crippen molar-refractivity contribution >= 4 is 32.6 Å². The second-order valence-electron chi connectivity index (χ2n) is 2.80. The normalized spacial score (nSPS) is 12.9. The van der Waals surface area contributed by atoms with E-state index in [1.54, 1.807) is 12.1 Å². The Morgan fingerprint density at radius 1 is 1.33 bits per heavy atom. The summed E-state index contributed by atoms with van der Waals surface area (Å²) in [5, 5.41) is 0.884. The molecule has 0 aliphatic carbocycles. The van der Waals surface area contributed by atoms with Gasteiger partial charge in [0.2, 0.25) is 0 Å². The molecule has 0 amide bonds. The van der Waals surface area contributed by atoms with Crippen LogP contribution in [0.15, 0.2) is 34.2 Å². The van der Waals surface area contributed by atoms with Crippen molar-refractivity contribution in [1.82, 2.24) is 0 Å². The van der Waals surface area contributed by atoms with E-state index in [0.29, 0.717) is 5.69 Å². The summed E-state index contributed by atoms with van der Waals surface area (Å²) in [6.45, 7) is 1.86. The molecule has 0 atom stereocenters. The van der Waals surface area contributed by atoms with Crippen LogP contribution in [0.3, 0.4) is 0 Å². The van der Waals surface area contributed by atoms with Crippen molar-refractivity contribution in [2.75, 3.05) is 6.26 Å². The average Bonchev–Trinajstić information content (AvgIpc) is 2.17. The molecule has 82 valence electrons. The zero-order valence-electron chi connectivity index (χ0n) is 8.34. The first-order chi connectivity index (χ1) is 6.93. The van der Waals surface area contributed by atoms with E-state index < -0.39 is 10.1 Å². The van der Waals surface area contributed by atoms with Crippen molar-refractivity contribution in [3.8, 4) is 0 Å². The van der Waals surface area contributed by atoms with Crippen LogP contribution >= 0.6 is 11.8 Å². The molecule has 1 aromatic rings. The molecule has 1 N–H and O–H groups in total. The van der Waals surface area contributed by atoms with Crippen molar-refractivity contribution in [3.63, 3.8) is 0 Å². The molecule has 0 spiro atoms. The van der Waals surface area contributed by atoms with E-state index in [2.05, 4.69) is 4.99 Å². The van der Waals surface area contributed by atoms with Gasteiger partial charge in [0.05, 0.1) is 15.6 Å². The molecule has 0 saturated carbocycles. The lowest BCUT2D eigenvalue weighted by Crippen LogP contribution is -1.96. The lowest BCUT2D eigenvalue weighted by Gasteiger charge is -1.98. The van der Waals surface area contributed by atoms with E-state index in [9.17, 15) is 8.42 Å². The van der Waals surface area contributed by atoms with Crippen LogP contribution in [0, 0.1) is 0 Å². The summed E-state index contributed by atoms with van der Waals surface area (Å²) >= 11 is 1.51. The molecule has 0 saturated heterocycles. The second kappa shape index (κ2) is 4.78. The first-order valence-electron chi connectivity index (χ1n) is 4.10. The number of hydrogen-bond acceptors (Lipinski definition) is 4. The van der Waals surface area contributed by atoms with Crippen LogP contribution in [0.25, 0.3) is 0 Å². The monoisotopic (exact) mass is 245 g/mol. The third-order valence-electron chi connectivity index (χ3n) is 1.72. The molecular weight excluding hydrogens is 234 g/mol. The molecule has 0 unspecified atom stereocenters. The molecule has 4 nitrogen and oxygen atoms in total. The Kier molecular flexibility index (Phi) is 3.90. The fraction of sp³-hybridized carbons (Fsp3) is 0.222. The van der Waals surface area contributed by atoms with E-state index >= 15 is 0 Å². The fourth-order valence-corrected chi connectivity index (χ4v) is 1.60. The van der Waals surface area contributed by atoms with Crippen LogP contribution in [0.5, 0.6) is 0 Å². The van der Waals surface area contributed by atoms with Gasteiger partial charge < -0.3 is 0 Å². The Morgan fingerprint density at radius 3 is 2.27 bits per heavy atom. The van der Waals surface area contributed by atoms with Gasteiger partial charge in [-0.05, 0) is 37.4 Å². The van der Waals surface area contributed by atoms with Gasteiger partial charge in [-0.3, -0.25) is 4.55 Å². The van der Waals surface area contributed by atoms with Gasteiger partial charge in [-0.15, -0.1) is 11.8 Å². The zero-order chi connectivity index (χ0) is 11.5. The van der Waals surface area contributed by atoms with Crippen LogP contribution in [0.1, 0.15) is 6.92 Å².